The number of halogens is 1. The molecule has 0 aliphatic carbocycles. The van der Waals surface area contributed by atoms with Gasteiger partial charge in [0.2, 0.25) is 0 Å². The summed E-state index contributed by atoms with van der Waals surface area (Å²) in [6.45, 7) is 4.51. The van der Waals surface area contributed by atoms with Gasteiger partial charge >= 0.3 is 17.9 Å². The highest BCUT2D eigenvalue weighted by Gasteiger charge is 2.56. The van der Waals surface area contributed by atoms with Crippen molar-refractivity contribution in [2.75, 3.05) is 26.2 Å². The number of benzene rings is 2. The van der Waals surface area contributed by atoms with Crippen LogP contribution in [-0.4, -0.2) is 111 Å². The predicted octanol–water partition coefficient (Wildman–Crippen LogP) is 3.90. The number of ether oxygens (including phenoxy) is 9. The van der Waals surface area contributed by atoms with Crippen molar-refractivity contribution in [3.8, 4) is 0 Å². The fraction of sp³-hybridized carbons (Fsp3) is 0.528. The number of nitrogens with zero attached hydrogens (tertiary/aromatic N) is 3. The number of alkyl halides is 1. The van der Waals surface area contributed by atoms with Crippen molar-refractivity contribution in [3.05, 3.63) is 94.9 Å². The van der Waals surface area contributed by atoms with E-state index < -0.39 is 91.7 Å². The Hall–Kier alpha value is -4.09. The van der Waals surface area contributed by atoms with Gasteiger partial charge in [0, 0.05) is 11.8 Å². The van der Waals surface area contributed by atoms with Crippen LogP contribution in [-0.2, 0) is 70.2 Å². The van der Waals surface area contributed by atoms with Crippen LogP contribution in [0.25, 0.3) is 10.4 Å². The van der Waals surface area contributed by atoms with Gasteiger partial charge in [0.1, 0.15) is 42.9 Å². The van der Waals surface area contributed by atoms with Crippen LogP contribution >= 0.6 is 11.6 Å². The topological polar surface area (TPSA) is 203 Å². The maximum atomic E-state index is 13.4. The van der Waals surface area contributed by atoms with Gasteiger partial charge in [-0.3, -0.25) is 9.59 Å². The zero-order chi connectivity index (χ0) is 38.2. The van der Waals surface area contributed by atoms with E-state index >= 15 is 0 Å². The van der Waals surface area contributed by atoms with Crippen LogP contribution < -0.4 is 0 Å². The highest BCUT2D eigenvalue weighted by atomic mass is 35.5. The SMILES string of the molecule is C=CCCCO[C@@H]1O[C@H](C(=O)OC)[C@@H](O[C@H]2O[C@H](COC(C)=O)[C@@H](O)[C@H](OCc3ccccc3)[C@H]2N=[N+]=[N-])[C@H](OCc2ccccc2)[C@H]1OC(=O)CCl. The zero-order valence-electron chi connectivity index (χ0n) is 29.3. The molecule has 2 aromatic carbocycles. The van der Waals surface area contributed by atoms with Crippen LogP contribution in [0.3, 0.4) is 0 Å². The summed E-state index contributed by atoms with van der Waals surface area (Å²) in [6, 6.07) is 16.6. The smallest absolute Gasteiger partial charge is 0.337 e. The Balaban J connectivity index is 1.76. The van der Waals surface area contributed by atoms with Crippen LogP contribution in [0.5, 0.6) is 0 Å². The molecule has 2 fully saturated rings. The molecule has 16 nitrogen and oxygen atoms in total. The number of carbonyl (C=O) groups is 3. The van der Waals surface area contributed by atoms with E-state index in [2.05, 4.69) is 16.6 Å². The van der Waals surface area contributed by atoms with Crippen molar-refractivity contribution in [2.24, 2.45) is 5.11 Å². The maximum absolute atomic E-state index is 13.4. The van der Waals surface area contributed by atoms with E-state index in [4.69, 9.17) is 54.2 Å². The fourth-order valence-electron chi connectivity index (χ4n) is 5.74. The number of hydrogen-bond acceptors (Lipinski definition) is 14. The normalized spacial score (nSPS) is 28.2. The number of azide groups is 1. The Morgan fingerprint density at radius 2 is 1.58 bits per heavy atom. The van der Waals surface area contributed by atoms with Gasteiger partial charge in [0.25, 0.3) is 0 Å². The molecule has 0 unspecified atom stereocenters. The third-order valence-corrected chi connectivity index (χ3v) is 8.50. The second-order valence-corrected chi connectivity index (χ2v) is 12.3. The lowest BCUT2D eigenvalue weighted by molar-refractivity contribution is -0.347. The summed E-state index contributed by atoms with van der Waals surface area (Å²) in [5, 5.41) is 15.3. The molecule has 2 aliphatic rings. The molecule has 0 saturated carbocycles. The van der Waals surface area contributed by atoms with Gasteiger partial charge in [-0.1, -0.05) is 71.9 Å². The number of hydrogen-bond donors (Lipinski definition) is 1. The summed E-state index contributed by atoms with van der Waals surface area (Å²) in [5.41, 5.74) is 11.1. The quantitative estimate of drug-likeness (QED) is 0.0316. The second-order valence-electron chi connectivity index (χ2n) is 12.0. The highest BCUT2D eigenvalue weighted by molar-refractivity contribution is 6.26. The van der Waals surface area contributed by atoms with Crippen molar-refractivity contribution in [2.45, 2.75) is 94.3 Å². The van der Waals surface area contributed by atoms with E-state index in [0.717, 1.165) is 18.2 Å². The first-order valence-electron chi connectivity index (χ1n) is 16.9. The molecular formula is C36H44ClN3O13. The van der Waals surface area contributed by atoms with E-state index in [1.165, 1.54) is 6.92 Å². The van der Waals surface area contributed by atoms with Gasteiger partial charge < -0.3 is 47.7 Å². The number of unbranched alkanes of at least 4 members (excludes halogenated alkanes) is 1. The van der Waals surface area contributed by atoms with Gasteiger partial charge in [-0.05, 0) is 29.5 Å². The number of esters is 3. The molecule has 0 spiro atoms. The molecule has 2 aliphatic heterocycles. The number of aliphatic hydroxyl groups excluding tert-OH is 1. The minimum Gasteiger partial charge on any atom is -0.467 e. The monoisotopic (exact) mass is 761 g/mol. The van der Waals surface area contributed by atoms with Gasteiger partial charge in [-0.15, -0.1) is 18.2 Å². The van der Waals surface area contributed by atoms with E-state index in [1.54, 1.807) is 54.6 Å². The summed E-state index contributed by atoms with van der Waals surface area (Å²) in [7, 11) is 1.14. The second kappa shape index (κ2) is 21.6. The molecule has 4 rings (SSSR count). The summed E-state index contributed by atoms with van der Waals surface area (Å²) in [5.74, 6) is -2.93. The molecule has 2 heterocycles. The molecule has 288 valence electrons. The van der Waals surface area contributed by atoms with Crippen LogP contribution in [0.2, 0.25) is 0 Å². The summed E-state index contributed by atoms with van der Waals surface area (Å²) < 4.78 is 53.2. The minimum absolute atomic E-state index is 0.0194. The van der Waals surface area contributed by atoms with Crippen molar-refractivity contribution in [1.82, 2.24) is 0 Å². The largest absolute Gasteiger partial charge is 0.467 e. The van der Waals surface area contributed by atoms with Gasteiger partial charge in [0.15, 0.2) is 24.8 Å². The van der Waals surface area contributed by atoms with Gasteiger partial charge in [-0.2, -0.15) is 0 Å². The first-order chi connectivity index (χ1) is 25.7. The van der Waals surface area contributed by atoms with Gasteiger partial charge in [-0.25, -0.2) is 4.79 Å². The third kappa shape index (κ3) is 12.0. The lowest BCUT2D eigenvalue weighted by Gasteiger charge is -2.48. The Labute approximate surface area is 311 Å². The number of allylic oxidation sites excluding steroid dienone is 1. The first kappa shape index (κ1) is 41.7. The molecule has 0 amide bonds. The third-order valence-electron chi connectivity index (χ3n) is 8.28. The summed E-state index contributed by atoms with van der Waals surface area (Å²) in [4.78, 5) is 40.9. The van der Waals surface area contributed by atoms with Crippen molar-refractivity contribution < 1.29 is 62.1 Å². The minimum atomic E-state index is -1.59. The Morgan fingerprint density at radius 1 is 0.943 bits per heavy atom. The van der Waals surface area contributed by atoms with Crippen LogP contribution in [0, 0.1) is 0 Å². The molecule has 1 N–H and O–H groups in total. The van der Waals surface area contributed by atoms with Crippen LogP contribution in [0.4, 0.5) is 0 Å². The molecule has 2 aromatic rings. The molecule has 2 saturated heterocycles. The average molecular weight is 762 g/mol. The number of methoxy groups -OCH3 is 1. The fourth-order valence-corrected chi connectivity index (χ4v) is 5.80. The van der Waals surface area contributed by atoms with Crippen molar-refractivity contribution >= 4 is 29.5 Å². The Morgan fingerprint density at radius 3 is 2.15 bits per heavy atom. The maximum Gasteiger partial charge on any atom is 0.337 e. The number of carbonyl (C=O) groups excluding carboxylic acids is 3. The lowest BCUT2D eigenvalue weighted by Crippen LogP contribution is -2.66. The van der Waals surface area contributed by atoms with E-state index in [-0.39, 0.29) is 19.8 Å². The zero-order valence-corrected chi connectivity index (χ0v) is 30.1. The summed E-state index contributed by atoms with van der Waals surface area (Å²) >= 11 is 5.85. The lowest BCUT2D eigenvalue weighted by atomic mass is 9.95. The first-order valence-corrected chi connectivity index (χ1v) is 17.4. The highest BCUT2D eigenvalue weighted by Crippen LogP contribution is 2.35. The summed E-state index contributed by atoms with van der Waals surface area (Å²) in [6.07, 6.45) is -9.93. The van der Waals surface area contributed by atoms with Crippen LogP contribution in [0.15, 0.2) is 78.4 Å². The van der Waals surface area contributed by atoms with Crippen LogP contribution in [0.1, 0.15) is 30.9 Å². The van der Waals surface area contributed by atoms with E-state index in [1.807, 2.05) is 12.1 Å². The van der Waals surface area contributed by atoms with E-state index in [0.29, 0.717) is 12.8 Å². The average Bonchev–Trinajstić information content (AvgIpc) is 3.17. The number of rotatable bonds is 19. The molecule has 10 atom stereocenters. The molecule has 0 bridgehead atoms. The standard InChI is InChI=1S/C36H44ClN3O13/c1-4-5-12-17-46-36-33(51-26(42)18-37)30(49-20-24-15-10-7-11-16-24)31(32(53-36)34(44)45-3)52-35-27(39-40-38)29(48-19-23-13-8-6-9-14-23)28(43)25(50-35)21-47-22(2)41/h4,6-11,13-16,25,27-33,35-36,43H,1,5,12,17-21H2,2-3H3/t25-,27-,28-,29-,30+,31+,32+,33-,35-,36-/m1/s1. The van der Waals surface area contributed by atoms with E-state index in [9.17, 15) is 25.0 Å². The molecule has 0 radical (unpaired) electrons. The predicted molar refractivity (Wildman–Crippen MR) is 186 cm³/mol. The Kier molecular flexibility index (Phi) is 17.0. The molecule has 0 aromatic heterocycles. The molecule has 17 heteroatoms. The Bertz CT molecular complexity index is 1520. The molecular weight excluding hydrogens is 718 g/mol. The molecule has 53 heavy (non-hydrogen) atoms. The van der Waals surface area contributed by atoms with Crippen molar-refractivity contribution in [3.63, 3.8) is 0 Å². The van der Waals surface area contributed by atoms with Crippen molar-refractivity contribution in [1.29, 1.82) is 0 Å². The van der Waals surface area contributed by atoms with Gasteiger partial charge in [0.05, 0.1) is 33.0 Å². The number of aliphatic hydroxyl groups is 1.